The van der Waals surface area contributed by atoms with Gasteiger partial charge in [0.2, 0.25) is 0 Å². The van der Waals surface area contributed by atoms with Crippen LogP contribution in [-0.2, 0) is 22.4 Å². The van der Waals surface area contributed by atoms with Crippen LogP contribution in [0.1, 0.15) is 48.7 Å². The minimum Gasteiger partial charge on any atom is -0.466 e. The lowest BCUT2D eigenvalue weighted by molar-refractivity contribution is -0.141. The number of ether oxygens (including phenoxy) is 1. The SMILES string of the molecule is CCOC(=O)CC(=O)c1c(CC)cccc1CC. The maximum absolute atomic E-state index is 12.2. The lowest BCUT2D eigenvalue weighted by Gasteiger charge is -2.11. The van der Waals surface area contributed by atoms with Crippen LogP contribution >= 0.6 is 0 Å². The van der Waals surface area contributed by atoms with E-state index in [-0.39, 0.29) is 12.2 Å². The number of benzene rings is 1. The number of aryl methyl sites for hydroxylation is 2. The number of hydrogen-bond donors (Lipinski definition) is 0. The predicted molar refractivity (Wildman–Crippen MR) is 70.8 cm³/mol. The quantitative estimate of drug-likeness (QED) is 0.441. The Morgan fingerprint density at radius 2 is 1.61 bits per heavy atom. The predicted octanol–water partition coefficient (Wildman–Crippen LogP) is 2.95. The zero-order chi connectivity index (χ0) is 13.5. The molecule has 0 spiro atoms. The summed E-state index contributed by atoms with van der Waals surface area (Å²) in [5, 5.41) is 0. The van der Waals surface area contributed by atoms with E-state index >= 15 is 0 Å². The third-order valence-corrected chi connectivity index (χ3v) is 2.89. The summed E-state index contributed by atoms with van der Waals surface area (Å²) in [6, 6.07) is 5.84. The minimum absolute atomic E-state index is 0.136. The molecule has 3 nitrogen and oxygen atoms in total. The molecule has 0 atom stereocenters. The van der Waals surface area contributed by atoms with Crippen LogP contribution < -0.4 is 0 Å². The van der Waals surface area contributed by atoms with Gasteiger partial charge in [-0.25, -0.2) is 0 Å². The Balaban J connectivity index is 3.00. The van der Waals surface area contributed by atoms with E-state index in [9.17, 15) is 9.59 Å². The lowest BCUT2D eigenvalue weighted by atomic mass is 9.93. The highest BCUT2D eigenvalue weighted by Crippen LogP contribution is 2.18. The normalized spacial score (nSPS) is 10.2. The van der Waals surface area contributed by atoms with Crippen molar-refractivity contribution in [3.8, 4) is 0 Å². The maximum Gasteiger partial charge on any atom is 0.313 e. The van der Waals surface area contributed by atoms with Crippen LogP contribution in [0.2, 0.25) is 0 Å². The van der Waals surface area contributed by atoms with Crippen molar-refractivity contribution in [2.45, 2.75) is 40.0 Å². The van der Waals surface area contributed by atoms with E-state index in [1.807, 2.05) is 32.0 Å². The molecule has 3 heteroatoms. The monoisotopic (exact) mass is 248 g/mol. The van der Waals surface area contributed by atoms with Crippen LogP contribution in [0, 0.1) is 0 Å². The van der Waals surface area contributed by atoms with Crippen LogP contribution in [-0.4, -0.2) is 18.4 Å². The molecular weight excluding hydrogens is 228 g/mol. The van der Waals surface area contributed by atoms with E-state index in [1.165, 1.54) is 0 Å². The summed E-state index contributed by atoms with van der Waals surface area (Å²) < 4.78 is 4.82. The van der Waals surface area contributed by atoms with E-state index in [2.05, 4.69) is 0 Å². The summed E-state index contributed by atoms with van der Waals surface area (Å²) in [6.45, 7) is 6.06. The van der Waals surface area contributed by atoms with Crippen molar-refractivity contribution < 1.29 is 14.3 Å². The molecule has 0 aliphatic heterocycles. The largest absolute Gasteiger partial charge is 0.466 e. The zero-order valence-electron chi connectivity index (χ0n) is 11.3. The van der Waals surface area contributed by atoms with Crippen molar-refractivity contribution in [2.75, 3.05) is 6.61 Å². The second-order valence-corrected chi connectivity index (χ2v) is 4.06. The van der Waals surface area contributed by atoms with E-state index in [1.54, 1.807) is 6.92 Å². The number of ketones is 1. The van der Waals surface area contributed by atoms with E-state index in [0.717, 1.165) is 24.0 Å². The second kappa shape index (κ2) is 6.94. The Kier molecular flexibility index (Phi) is 5.56. The van der Waals surface area contributed by atoms with Gasteiger partial charge in [0.25, 0.3) is 0 Å². The van der Waals surface area contributed by atoms with Gasteiger partial charge < -0.3 is 4.74 Å². The highest BCUT2D eigenvalue weighted by Gasteiger charge is 2.18. The molecule has 0 saturated carbocycles. The van der Waals surface area contributed by atoms with Crippen molar-refractivity contribution in [2.24, 2.45) is 0 Å². The van der Waals surface area contributed by atoms with Gasteiger partial charge in [-0.1, -0.05) is 32.0 Å². The molecule has 0 amide bonds. The second-order valence-electron chi connectivity index (χ2n) is 4.06. The molecule has 0 bridgehead atoms. The Morgan fingerprint density at radius 1 is 1.06 bits per heavy atom. The van der Waals surface area contributed by atoms with Gasteiger partial charge in [0.15, 0.2) is 5.78 Å². The molecule has 0 aromatic heterocycles. The third-order valence-electron chi connectivity index (χ3n) is 2.89. The Hall–Kier alpha value is -1.64. The fraction of sp³-hybridized carbons (Fsp3) is 0.467. The number of Topliss-reactive ketones (excluding diaryl/α,β-unsaturated/α-hetero) is 1. The van der Waals surface area contributed by atoms with Crippen LogP contribution in [0.3, 0.4) is 0 Å². The van der Waals surface area contributed by atoms with Gasteiger partial charge in [0.1, 0.15) is 6.42 Å². The molecule has 0 aliphatic carbocycles. The maximum atomic E-state index is 12.2. The van der Waals surface area contributed by atoms with Gasteiger partial charge in [-0.15, -0.1) is 0 Å². The van der Waals surface area contributed by atoms with E-state index < -0.39 is 5.97 Å². The van der Waals surface area contributed by atoms with E-state index in [0.29, 0.717) is 12.2 Å². The third kappa shape index (κ3) is 3.42. The number of hydrogen-bond acceptors (Lipinski definition) is 3. The molecule has 0 saturated heterocycles. The Labute approximate surface area is 108 Å². The number of carbonyl (C=O) groups excluding carboxylic acids is 2. The molecule has 98 valence electrons. The van der Waals surface area contributed by atoms with Crippen molar-refractivity contribution in [1.82, 2.24) is 0 Å². The van der Waals surface area contributed by atoms with Crippen LogP contribution in [0.25, 0.3) is 0 Å². The summed E-state index contributed by atoms with van der Waals surface area (Å²) in [7, 11) is 0. The van der Waals surface area contributed by atoms with Crippen molar-refractivity contribution in [3.63, 3.8) is 0 Å². The Bertz CT molecular complexity index is 413. The van der Waals surface area contributed by atoms with Gasteiger partial charge in [-0.05, 0) is 30.9 Å². The Morgan fingerprint density at radius 3 is 2.06 bits per heavy atom. The summed E-state index contributed by atoms with van der Waals surface area (Å²) >= 11 is 0. The summed E-state index contributed by atoms with van der Waals surface area (Å²) in [5.74, 6) is -0.585. The van der Waals surface area contributed by atoms with Crippen molar-refractivity contribution in [3.05, 3.63) is 34.9 Å². The molecule has 0 unspecified atom stereocenters. The average molecular weight is 248 g/mol. The molecule has 1 aromatic carbocycles. The highest BCUT2D eigenvalue weighted by molar-refractivity contribution is 6.07. The topological polar surface area (TPSA) is 43.4 Å². The summed E-state index contributed by atoms with van der Waals surface area (Å²) in [6.07, 6.45) is 1.41. The molecule has 0 radical (unpaired) electrons. The van der Waals surface area contributed by atoms with Gasteiger partial charge in [0.05, 0.1) is 6.61 Å². The minimum atomic E-state index is -0.449. The smallest absolute Gasteiger partial charge is 0.313 e. The molecule has 1 rings (SSSR count). The van der Waals surface area contributed by atoms with Gasteiger partial charge >= 0.3 is 5.97 Å². The molecule has 1 aromatic rings. The standard InChI is InChI=1S/C15H20O3/c1-4-11-8-7-9-12(5-2)15(11)13(16)10-14(17)18-6-3/h7-9H,4-6,10H2,1-3H3. The molecular formula is C15H20O3. The van der Waals surface area contributed by atoms with Crippen LogP contribution in [0.4, 0.5) is 0 Å². The summed E-state index contributed by atoms with van der Waals surface area (Å²) in [4.78, 5) is 23.6. The lowest BCUT2D eigenvalue weighted by Crippen LogP contribution is -2.14. The van der Waals surface area contributed by atoms with Gasteiger partial charge in [-0.2, -0.15) is 0 Å². The summed E-state index contributed by atoms with van der Waals surface area (Å²) in [5.41, 5.74) is 2.71. The van der Waals surface area contributed by atoms with Crippen molar-refractivity contribution >= 4 is 11.8 Å². The molecule has 18 heavy (non-hydrogen) atoms. The van der Waals surface area contributed by atoms with E-state index in [4.69, 9.17) is 4.74 Å². The zero-order valence-corrected chi connectivity index (χ0v) is 11.3. The number of rotatable bonds is 6. The molecule has 0 N–H and O–H groups in total. The first kappa shape index (κ1) is 14.4. The average Bonchev–Trinajstić information content (AvgIpc) is 2.37. The fourth-order valence-corrected chi connectivity index (χ4v) is 2.03. The molecule has 0 heterocycles. The van der Waals surface area contributed by atoms with Gasteiger partial charge in [0, 0.05) is 5.56 Å². The van der Waals surface area contributed by atoms with Crippen molar-refractivity contribution in [1.29, 1.82) is 0 Å². The van der Waals surface area contributed by atoms with Crippen LogP contribution in [0.5, 0.6) is 0 Å². The fourth-order valence-electron chi connectivity index (χ4n) is 2.03. The molecule has 0 fully saturated rings. The first-order valence-corrected chi connectivity index (χ1v) is 6.43. The highest BCUT2D eigenvalue weighted by atomic mass is 16.5. The molecule has 0 aliphatic rings. The van der Waals surface area contributed by atoms with Gasteiger partial charge in [-0.3, -0.25) is 9.59 Å². The first-order valence-electron chi connectivity index (χ1n) is 6.43. The number of esters is 1. The van der Waals surface area contributed by atoms with Crippen LogP contribution in [0.15, 0.2) is 18.2 Å². The number of carbonyl (C=O) groups is 2. The first-order chi connectivity index (χ1) is 8.63.